The van der Waals surface area contributed by atoms with E-state index in [0.29, 0.717) is 11.6 Å². The summed E-state index contributed by atoms with van der Waals surface area (Å²) >= 11 is 0. The third kappa shape index (κ3) is 4.38. The number of nitrogens with one attached hydrogen (secondary N) is 1. The van der Waals surface area contributed by atoms with Crippen molar-refractivity contribution in [1.29, 1.82) is 0 Å². The van der Waals surface area contributed by atoms with Crippen molar-refractivity contribution in [3.8, 4) is 0 Å². The van der Waals surface area contributed by atoms with Gasteiger partial charge in [-0.05, 0) is 62.3 Å². The van der Waals surface area contributed by atoms with Crippen LogP contribution in [0.2, 0.25) is 0 Å². The number of anilines is 1. The van der Waals surface area contributed by atoms with Gasteiger partial charge in [0.05, 0.1) is 0 Å². The largest absolute Gasteiger partial charge is 0.336 e. The van der Waals surface area contributed by atoms with Crippen LogP contribution in [0.1, 0.15) is 48.0 Å². The van der Waals surface area contributed by atoms with Crippen LogP contribution in [0, 0.1) is 5.92 Å². The molecule has 1 N–H and O–H groups in total. The molecule has 1 heterocycles. The molecule has 1 unspecified atom stereocenters. The number of carbonyl (C=O) groups is 2. The topological polar surface area (TPSA) is 49.4 Å². The SMILES string of the molecule is O=C(Nc1cccc(C(=O)N2CCCC2CCc2ccccc2)c1)C1CC1. The summed E-state index contributed by atoms with van der Waals surface area (Å²) < 4.78 is 0. The molecule has 1 atom stereocenters. The van der Waals surface area contributed by atoms with E-state index in [2.05, 4.69) is 29.6 Å². The summed E-state index contributed by atoms with van der Waals surface area (Å²) in [5.74, 6) is 0.305. The van der Waals surface area contributed by atoms with Crippen molar-refractivity contribution >= 4 is 17.5 Å². The number of carbonyl (C=O) groups excluding carboxylic acids is 2. The summed E-state index contributed by atoms with van der Waals surface area (Å²) in [5.41, 5.74) is 2.70. The highest BCUT2D eigenvalue weighted by Gasteiger charge is 2.31. The number of hydrogen-bond acceptors (Lipinski definition) is 2. The molecule has 2 amide bonds. The standard InChI is InChI=1S/C23H26N2O2/c26-22(18-12-13-18)24-20-9-4-8-19(16-20)23(27)25-15-5-10-21(25)14-11-17-6-2-1-3-7-17/h1-4,6-9,16,18,21H,5,10-15H2,(H,24,26). The molecule has 4 rings (SSSR count). The number of likely N-dealkylation sites (tertiary alicyclic amines) is 1. The molecule has 2 fully saturated rings. The highest BCUT2D eigenvalue weighted by molar-refractivity contribution is 5.98. The van der Waals surface area contributed by atoms with E-state index in [-0.39, 0.29) is 17.7 Å². The second-order valence-corrected chi connectivity index (χ2v) is 7.66. The molecule has 2 aliphatic rings. The molecule has 0 bridgehead atoms. The third-order valence-corrected chi connectivity index (χ3v) is 5.57. The molecular weight excluding hydrogens is 336 g/mol. The van der Waals surface area contributed by atoms with E-state index in [4.69, 9.17) is 0 Å². The van der Waals surface area contributed by atoms with Crippen LogP contribution in [-0.4, -0.2) is 29.3 Å². The Morgan fingerprint density at radius 3 is 2.59 bits per heavy atom. The quantitative estimate of drug-likeness (QED) is 0.834. The molecule has 0 radical (unpaired) electrons. The fourth-order valence-corrected chi connectivity index (χ4v) is 3.87. The molecule has 1 saturated heterocycles. The lowest BCUT2D eigenvalue weighted by atomic mass is 10.0. The van der Waals surface area contributed by atoms with Crippen molar-refractivity contribution in [2.24, 2.45) is 5.92 Å². The van der Waals surface area contributed by atoms with Gasteiger partial charge in [0.25, 0.3) is 5.91 Å². The molecule has 2 aromatic carbocycles. The van der Waals surface area contributed by atoms with E-state index in [1.807, 2.05) is 35.2 Å². The zero-order valence-electron chi connectivity index (χ0n) is 15.6. The molecule has 1 aliphatic heterocycles. The Labute approximate surface area is 160 Å². The van der Waals surface area contributed by atoms with Crippen molar-refractivity contribution in [2.45, 2.75) is 44.6 Å². The minimum atomic E-state index is 0.0708. The molecule has 1 aliphatic carbocycles. The Hall–Kier alpha value is -2.62. The van der Waals surface area contributed by atoms with Gasteiger partial charge in [-0.15, -0.1) is 0 Å². The maximum Gasteiger partial charge on any atom is 0.254 e. The predicted octanol–water partition coefficient (Wildman–Crippen LogP) is 4.27. The average Bonchev–Trinajstić information content (AvgIpc) is 3.45. The molecule has 140 valence electrons. The maximum atomic E-state index is 13.1. The molecule has 0 aromatic heterocycles. The van der Waals surface area contributed by atoms with Gasteiger partial charge in [0.1, 0.15) is 0 Å². The summed E-state index contributed by atoms with van der Waals surface area (Å²) in [6, 6.07) is 18.1. The van der Waals surface area contributed by atoms with Crippen LogP contribution >= 0.6 is 0 Å². The van der Waals surface area contributed by atoms with Crippen molar-refractivity contribution in [3.05, 3.63) is 65.7 Å². The van der Waals surface area contributed by atoms with Crippen LogP contribution in [0.3, 0.4) is 0 Å². The van der Waals surface area contributed by atoms with Crippen molar-refractivity contribution in [3.63, 3.8) is 0 Å². The van der Waals surface area contributed by atoms with Crippen LogP contribution in [-0.2, 0) is 11.2 Å². The highest BCUT2D eigenvalue weighted by Crippen LogP contribution is 2.30. The fourth-order valence-electron chi connectivity index (χ4n) is 3.87. The first kappa shape index (κ1) is 17.8. The normalized spacial score (nSPS) is 19.1. The van der Waals surface area contributed by atoms with Crippen molar-refractivity contribution in [2.75, 3.05) is 11.9 Å². The molecule has 27 heavy (non-hydrogen) atoms. The molecule has 0 spiro atoms. The monoisotopic (exact) mass is 362 g/mol. The van der Waals surface area contributed by atoms with E-state index in [0.717, 1.165) is 50.8 Å². The van der Waals surface area contributed by atoms with Gasteiger partial charge in [-0.1, -0.05) is 36.4 Å². The van der Waals surface area contributed by atoms with Crippen LogP contribution in [0.15, 0.2) is 54.6 Å². The minimum absolute atomic E-state index is 0.0708. The van der Waals surface area contributed by atoms with Crippen LogP contribution in [0.4, 0.5) is 5.69 Å². The van der Waals surface area contributed by atoms with E-state index >= 15 is 0 Å². The number of amides is 2. The number of rotatable bonds is 6. The number of nitrogens with zero attached hydrogens (tertiary/aromatic N) is 1. The zero-order valence-corrected chi connectivity index (χ0v) is 15.6. The first-order valence-electron chi connectivity index (χ1n) is 9.96. The lowest BCUT2D eigenvalue weighted by Crippen LogP contribution is -2.35. The van der Waals surface area contributed by atoms with Gasteiger partial charge in [-0.25, -0.2) is 0 Å². The summed E-state index contributed by atoms with van der Waals surface area (Å²) in [4.78, 5) is 27.1. The third-order valence-electron chi connectivity index (χ3n) is 5.57. The Morgan fingerprint density at radius 1 is 1.00 bits per heavy atom. The zero-order chi connectivity index (χ0) is 18.6. The summed E-state index contributed by atoms with van der Waals surface area (Å²) in [6.07, 6.45) is 6.06. The molecular formula is C23H26N2O2. The predicted molar refractivity (Wildman–Crippen MR) is 107 cm³/mol. The molecule has 4 nitrogen and oxygen atoms in total. The second-order valence-electron chi connectivity index (χ2n) is 7.66. The Balaban J connectivity index is 1.40. The van der Waals surface area contributed by atoms with Gasteiger partial charge in [-0.3, -0.25) is 9.59 Å². The van der Waals surface area contributed by atoms with Crippen LogP contribution in [0.25, 0.3) is 0 Å². The second kappa shape index (κ2) is 7.95. The Morgan fingerprint density at radius 2 is 1.81 bits per heavy atom. The first-order valence-corrected chi connectivity index (χ1v) is 9.96. The van der Waals surface area contributed by atoms with Gasteiger partial charge in [0.15, 0.2) is 0 Å². The van der Waals surface area contributed by atoms with E-state index in [1.165, 1.54) is 5.56 Å². The van der Waals surface area contributed by atoms with Gasteiger partial charge in [0, 0.05) is 29.8 Å². The molecule has 4 heteroatoms. The van der Waals surface area contributed by atoms with Gasteiger partial charge in [0.2, 0.25) is 5.91 Å². The minimum Gasteiger partial charge on any atom is -0.336 e. The number of hydrogen-bond donors (Lipinski definition) is 1. The van der Waals surface area contributed by atoms with E-state index in [1.54, 1.807) is 0 Å². The van der Waals surface area contributed by atoms with Crippen molar-refractivity contribution in [1.82, 2.24) is 4.90 Å². The van der Waals surface area contributed by atoms with Gasteiger partial charge < -0.3 is 10.2 Å². The Bertz CT molecular complexity index is 814. The lowest BCUT2D eigenvalue weighted by molar-refractivity contribution is -0.117. The number of benzene rings is 2. The Kier molecular flexibility index (Phi) is 5.23. The first-order chi connectivity index (χ1) is 13.2. The number of aryl methyl sites for hydroxylation is 1. The van der Waals surface area contributed by atoms with E-state index in [9.17, 15) is 9.59 Å². The molecule has 2 aromatic rings. The van der Waals surface area contributed by atoms with E-state index < -0.39 is 0 Å². The average molecular weight is 362 g/mol. The summed E-state index contributed by atoms with van der Waals surface area (Å²) in [7, 11) is 0. The maximum absolute atomic E-state index is 13.1. The summed E-state index contributed by atoms with van der Waals surface area (Å²) in [5, 5.41) is 2.94. The highest BCUT2D eigenvalue weighted by atomic mass is 16.2. The van der Waals surface area contributed by atoms with Crippen molar-refractivity contribution < 1.29 is 9.59 Å². The van der Waals surface area contributed by atoms with Crippen LogP contribution in [0.5, 0.6) is 0 Å². The van der Waals surface area contributed by atoms with Gasteiger partial charge >= 0.3 is 0 Å². The lowest BCUT2D eigenvalue weighted by Gasteiger charge is -2.25. The summed E-state index contributed by atoms with van der Waals surface area (Å²) in [6.45, 7) is 0.816. The molecule has 1 saturated carbocycles. The van der Waals surface area contributed by atoms with Gasteiger partial charge in [-0.2, -0.15) is 0 Å². The smallest absolute Gasteiger partial charge is 0.254 e. The van der Waals surface area contributed by atoms with Crippen LogP contribution < -0.4 is 5.32 Å². The fraction of sp³-hybridized carbons (Fsp3) is 0.391.